The maximum Gasteiger partial charge on any atom is 0.269 e. The number of hydrazine groups is 1. The van der Waals surface area contributed by atoms with Gasteiger partial charge in [0.1, 0.15) is 10.2 Å². The van der Waals surface area contributed by atoms with Gasteiger partial charge in [0.15, 0.2) is 0 Å². The number of fused-ring (bicyclic) bond motifs is 2. The minimum Gasteiger partial charge on any atom is -0.296 e. The first kappa shape index (κ1) is 16.4. The lowest BCUT2D eigenvalue weighted by Gasteiger charge is -2.09. The summed E-state index contributed by atoms with van der Waals surface area (Å²) >= 11 is 11.6. The van der Waals surface area contributed by atoms with Crippen LogP contribution in [0.2, 0.25) is 0 Å². The van der Waals surface area contributed by atoms with Gasteiger partial charge in [0.2, 0.25) is 5.91 Å². The van der Waals surface area contributed by atoms with Crippen LogP contribution < -0.4 is 16.4 Å². The molecule has 1 aromatic carbocycles. The van der Waals surface area contributed by atoms with Crippen molar-refractivity contribution in [3.05, 3.63) is 39.9 Å². The average molecular weight is 381 g/mol. The third-order valence-corrected chi connectivity index (χ3v) is 5.36. The van der Waals surface area contributed by atoms with Crippen molar-refractivity contribution in [2.24, 2.45) is 5.92 Å². The molecule has 0 unspecified atom stereocenters. The second kappa shape index (κ2) is 5.71. The number of benzene rings is 1. The first-order chi connectivity index (χ1) is 11.9. The molecule has 7 nitrogen and oxygen atoms in total. The number of halogens is 2. The highest BCUT2D eigenvalue weighted by Gasteiger charge is 2.56. The number of aromatic nitrogens is 2. The molecule has 2 heterocycles. The summed E-state index contributed by atoms with van der Waals surface area (Å²) in [5.74, 6) is -0.740. The zero-order valence-electron chi connectivity index (χ0n) is 13.0. The number of aryl methyl sites for hydroxylation is 1. The van der Waals surface area contributed by atoms with Gasteiger partial charge in [0.25, 0.3) is 11.5 Å². The standard InChI is InChI=1S/C16H14Cl2N4O3/c17-16(18)7-10(16)14(24)21-20-13(23)8-3-4-9-11(6-8)19-12-2-1-5-22(12)15(9)25/h3-4,6,10H,1-2,5,7H2,(H,20,23)(H,21,24)/t10-/m1/s1. The molecule has 1 atom stereocenters. The molecule has 0 saturated heterocycles. The summed E-state index contributed by atoms with van der Waals surface area (Å²) < 4.78 is 0.618. The molecule has 0 radical (unpaired) electrons. The lowest BCUT2D eigenvalue weighted by Crippen LogP contribution is -2.43. The van der Waals surface area contributed by atoms with E-state index in [-0.39, 0.29) is 5.56 Å². The van der Waals surface area contributed by atoms with E-state index in [1.54, 1.807) is 16.7 Å². The van der Waals surface area contributed by atoms with E-state index in [9.17, 15) is 14.4 Å². The Balaban J connectivity index is 1.53. The van der Waals surface area contributed by atoms with E-state index in [1.807, 2.05) is 0 Å². The van der Waals surface area contributed by atoms with Crippen LogP contribution in [0.1, 0.15) is 29.0 Å². The third kappa shape index (κ3) is 2.87. The Labute approximate surface area is 152 Å². The highest BCUT2D eigenvalue weighted by Crippen LogP contribution is 2.53. The third-order valence-electron chi connectivity index (χ3n) is 4.52. The number of carbonyl (C=O) groups is 2. The number of nitrogens with zero attached hydrogens (tertiary/aromatic N) is 2. The molecular weight excluding hydrogens is 367 g/mol. The van der Waals surface area contributed by atoms with E-state index >= 15 is 0 Å². The topological polar surface area (TPSA) is 93.1 Å². The molecule has 4 rings (SSSR count). The number of hydrogen-bond acceptors (Lipinski definition) is 4. The van der Waals surface area contributed by atoms with Crippen LogP contribution in [0.15, 0.2) is 23.0 Å². The van der Waals surface area contributed by atoms with Gasteiger partial charge in [0, 0.05) is 18.5 Å². The predicted octanol–water partition coefficient (Wildman–Crippen LogP) is 1.30. The van der Waals surface area contributed by atoms with Gasteiger partial charge in [-0.3, -0.25) is 29.8 Å². The first-order valence-corrected chi connectivity index (χ1v) is 8.64. The normalized spacial score (nSPS) is 20.2. The molecule has 2 aromatic rings. The maximum absolute atomic E-state index is 12.4. The number of carbonyl (C=O) groups excluding carboxylic acids is 2. The van der Waals surface area contributed by atoms with Gasteiger partial charge in [0.05, 0.1) is 16.8 Å². The van der Waals surface area contributed by atoms with E-state index in [1.165, 1.54) is 6.07 Å². The van der Waals surface area contributed by atoms with Crippen molar-refractivity contribution in [1.29, 1.82) is 0 Å². The van der Waals surface area contributed by atoms with Crippen LogP contribution in [0.3, 0.4) is 0 Å². The number of amides is 2. The van der Waals surface area contributed by atoms with Crippen molar-refractivity contribution in [1.82, 2.24) is 20.4 Å². The number of rotatable bonds is 2. The molecule has 2 amide bonds. The minimum atomic E-state index is -1.05. The number of hydrogen-bond donors (Lipinski definition) is 2. The summed E-state index contributed by atoms with van der Waals surface area (Å²) in [4.78, 5) is 40.9. The van der Waals surface area contributed by atoms with Crippen molar-refractivity contribution in [2.75, 3.05) is 0 Å². The fraction of sp³-hybridized carbons (Fsp3) is 0.375. The molecule has 1 aromatic heterocycles. The van der Waals surface area contributed by atoms with Crippen LogP contribution in [0.25, 0.3) is 10.9 Å². The largest absolute Gasteiger partial charge is 0.296 e. The summed E-state index contributed by atoms with van der Waals surface area (Å²) in [5, 5.41) is 0.471. The number of nitrogens with one attached hydrogen (secondary N) is 2. The van der Waals surface area contributed by atoms with E-state index in [2.05, 4.69) is 15.8 Å². The van der Waals surface area contributed by atoms with Crippen molar-refractivity contribution in [2.45, 2.75) is 30.1 Å². The zero-order chi connectivity index (χ0) is 17.8. The minimum absolute atomic E-state index is 0.0907. The highest BCUT2D eigenvalue weighted by molar-refractivity contribution is 6.52. The summed E-state index contributed by atoms with van der Waals surface area (Å²) in [7, 11) is 0. The molecule has 1 aliphatic carbocycles. The monoisotopic (exact) mass is 380 g/mol. The SMILES string of the molecule is O=C(NNC(=O)[C@H]1CC1(Cl)Cl)c1ccc2c(=O)n3c(nc2c1)CCC3. The molecule has 2 N–H and O–H groups in total. The van der Waals surface area contributed by atoms with Crippen molar-refractivity contribution < 1.29 is 9.59 Å². The van der Waals surface area contributed by atoms with E-state index in [4.69, 9.17) is 23.2 Å². The van der Waals surface area contributed by atoms with Crippen LogP contribution in [0.4, 0.5) is 0 Å². The van der Waals surface area contributed by atoms with Gasteiger partial charge < -0.3 is 0 Å². The first-order valence-electron chi connectivity index (χ1n) is 7.88. The van der Waals surface area contributed by atoms with Crippen LogP contribution in [-0.4, -0.2) is 25.7 Å². The van der Waals surface area contributed by atoms with Gasteiger partial charge in [-0.2, -0.15) is 0 Å². The molecule has 2 aliphatic rings. The van der Waals surface area contributed by atoms with Gasteiger partial charge in [-0.15, -0.1) is 23.2 Å². The van der Waals surface area contributed by atoms with Gasteiger partial charge in [-0.25, -0.2) is 4.98 Å². The Bertz CT molecular complexity index is 970. The number of alkyl halides is 2. The molecular formula is C16H14Cl2N4O3. The lowest BCUT2D eigenvalue weighted by atomic mass is 10.1. The second-order valence-corrected chi connectivity index (χ2v) is 7.82. The molecule has 1 fully saturated rings. The quantitative estimate of drug-likeness (QED) is 0.606. The zero-order valence-corrected chi connectivity index (χ0v) is 14.5. The van der Waals surface area contributed by atoms with Crippen molar-refractivity contribution in [3.8, 4) is 0 Å². The van der Waals surface area contributed by atoms with E-state index in [0.29, 0.717) is 29.4 Å². The summed E-state index contributed by atoms with van der Waals surface area (Å²) in [6, 6.07) is 4.65. The molecule has 0 bridgehead atoms. The van der Waals surface area contributed by atoms with Gasteiger partial charge >= 0.3 is 0 Å². The van der Waals surface area contributed by atoms with E-state index < -0.39 is 22.1 Å². The Hall–Kier alpha value is -2.12. The maximum atomic E-state index is 12.4. The Morgan fingerprint density at radius 2 is 2.04 bits per heavy atom. The van der Waals surface area contributed by atoms with Crippen LogP contribution >= 0.6 is 23.2 Å². The Morgan fingerprint density at radius 3 is 2.76 bits per heavy atom. The summed E-state index contributed by atoms with van der Waals surface area (Å²) in [6.07, 6.45) is 1.99. The van der Waals surface area contributed by atoms with Crippen LogP contribution in [0, 0.1) is 5.92 Å². The lowest BCUT2D eigenvalue weighted by molar-refractivity contribution is -0.123. The Kier molecular flexibility index (Phi) is 3.73. The van der Waals surface area contributed by atoms with Crippen molar-refractivity contribution in [3.63, 3.8) is 0 Å². The average Bonchev–Trinajstić information content (AvgIpc) is 3.00. The highest BCUT2D eigenvalue weighted by atomic mass is 35.5. The molecule has 0 spiro atoms. The van der Waals surface area contributed by atoms with Gasteiger partial charge in [-0.1, -0.05) is 0 Å². The molecule has 1 aliphatic heterocycles. The molecule has 1 saturated carbocycles. The summed E-state index contributed by atoms with van der Waals surface area (Å²) in [6.45, 7) is 0.676. The fourth-order valence-corrected chi connectivity index (χ4v) is 3.51. The van der Waals surface area contributed by atoms with Crippen molar-refractivity contribution >= 4 is 45.9 Å². The molecule has 9 heteroatoms. The molecule has 130 valence electrons. The van der Waals surface area contributed by atoms with Gasteiger partial charge in [-0.05, 0) is 31.0 Å². The van der Waals surface area contributed by atoms with Crippen LogP contribution in [-0.2, 0) is 17.8 Å². The fourth-order valence-electron chi connectivity index (χ4n) is 3.00. The van der Waals surface area contributed by atoms with Crippen LogP contribution in [0.5, 0.6) is 0 Å². The predicted molar refractivity (Wildman–Crippen MR) is 92.5 cm³/mol. The second-order valence-electron chi connectivity index (χ2n) is 6.28. The summed E-state index contributed by atoms with van der Waals surface area (Å²) in [5.41, 5.74) is 5.30. The van der Waals surface area contributed by atoms with E-state index in [0.717, 1.165) is 18.7 Å². The Morgan fingerprint density at radius 1 is 1.28 bits per heavy atom. The molecule has 25 heavy (non-hydrogen) atoms. The smallest absolute Gasteiger partial charge is 0.269 e.